The summed E-state index contributed by atoms with van der Waals surface area (Å²) in [7, 11) is 1.41. The van der Waals surface area contributed by atoms with Crippen LogP contribution in [0.4, 0.5) is 11.4 Å². The Labute approximate surface area is 191 Å². The van der Waals surface area contributed by atoms with Gasteiger partial charge in [-0.3, -0.25) is 24.3 Å². The minimum absolute atomic E-state index is 0.0661. The van der Waals surface area contributed by atoms with Gasteiger partial charge in [-0.15, -0.1) is 17.9 Å². The van der Waals surface area contributed by atoms with E-state index in [2.05, 4.69) is 16.9 Å². The standard InChI is InChI=1S/C21H20N4O5S2/c1-3-9-24-20(27)18-13-5-4-6-16(13)32-19(18)23-21(24)31-11-17(26)22-14-8-7-12(30-2)10-15(14)25(28)29/h3,7-8,10H,1,4-6,9,11H2,2H3,(H,22,26). The molecule has 9 nitrogen and oxygen atoms in total. The number of allylic oxidation sites excluding steroid dienone is 1. The largest absolute Gasteiger partial charge is 0.496 e. The third-order valence-corrected chi connectivity index (χ3v) is 7.27. The number of nitrogens with one attached hydrogen (secondary N) is 1. The van der Waals surface area contributed by atoms with Crippen molar-refractivity contribution < 1.29 is 14.5 Å². The maximum absolute atomic E-state index is 13.2. The molecule has 1 aliphatic rings. The van der Waals surface area contributed by atoms with E-state index < -0.39 is 10.8 Å². The number of thiophene rings is 1. The molecule has 0 unspecified atom stereocenters. The highest BCUT2D eigenvalue weighted by atomic mass is 32.2. The smallest absolute Gasteiger partial charge is 0.296 e. The average Bonchev–Trinajstić information content (AvgIpc) is 3.35. The number of nitro groups is 1. The van der Waals surface area contributed by atoms with Gasteiger partial charge in [0.1, 0.15) is 16.3 Å². The molecule has 3 aromatic rings. The number of carbonyl (C=O) groups is 1. The lowest BCUT2D eigenvalue weighted by atomic mass is 10.2. The van der Waals surface area contributed by atoms with E-state index in [0.29, 0.717) is 21.1 Å². The third kappa shape index (κ3) is 4.13. The van der Waals surface area contributed by atoms with Gasteiger partial charge in [0, 0.05) is 11.4 Å². The van der Waals surface area contributed by atoms with Gasteiger partial charge in [-0.2, -0.15) is 0 Å². The monoisotopic (exact) mass is 472 g/mol. The number of benzene rings is 1. The van der Waals surface area contributed by atoms with E-state index in [0.717, 1.165) is 36.6 Å². The molecule has 0 radical (unpaired) electrons. The molecule has 2 aromatic heterocycles. The maximum atomic E-state index is 13.2. The summed E-state index contributed by atoms with van der Waals surface area (Å²) in [5.74, 6) is -0.196. The van der Waals surface area contributed by atoms with E-state index in [9.17, 15) is 19.7 Å². The summed E-state index contributed by atoms with van der Waals surface area (Å²) in [5, 5.41) is 15.0. The van der Waals surface area contributed by atoms with Gasteiger partial charge in [0.2, 0.25) is 5.91 Å². The summed E-state index contributed by atoms with van der Waals surface area (Å²) in [6.07, 6.45) is 4.51. The number of amides is 1. The van der Waals surface area contributed by atoms with Crippen LogP contribution in [0.2, 0.25) is 0 Å². The van der Waals surface area contributed by atoms with Crippen molar-refractivity contribution in [1.82, 2.24) is 9.55 Å². The van der Waals surface area contributed by atoms with Gasteiger partial charge in [0.05, 0.1) is 29.2 Å². The lowest BCUT2D eigenvalue weighted by Gasteiger charge is -2.11. The summed E-state index contributed by atoms with van der Waals surface area (Å²) < 4.78 is 6.53. The predicted molar refractivity (Wildman–Crippen MR) is 125 cm³/mol. The Morgan fingerprint density at radius 1 is 1.47 bits per heavy atom. The number of nitrogens with zero attached hydrogens (tertiary/aromatic N) is 3. The molecule has 11 heteroatoms. The first-order valence-electron chi connectivity index (χ1n) is 9.84. The van der Waals surface area contributed by atoms with Gasteiger partial charge in [-0.05, 0) is 37.0 Å². The molecule has 32 heavy (non-hydrogen) atoms. The lowest BCUT2D eigenvalue weighted by Crippen LogP contribution is -2.24. The molecule has 0 spiro atoms. The molecule has 1 amide bonds. The van der Waals surface area contributed by atoms with Crippen LogP contribution in [-0.4, -0.2) is 33.2 Å². The summed E-state index contributed by atoms with van der Waals surface area (Å²) >= 11 is 2.65. The molecule has 0 aliphatic heterocycles. The number of aryl methyl sites for hydroxylation is 2. The maximum Gasteiger partial charge on any atom is 0.296 e. The zero-order valence-electron chi connectivity index (χ0n) is 17.3. The van der Waals surface area contributed by atoms with Crippen molar-refractivity contribution in [2.75, 3.05) is 18.2 Å². The van der Waals surface area contributed by atoms with E-state index in [4.69, 9.17) is 4.74 Å². The van der Waals surface area contributed by atoms with Crippen molar-refractivity contribution in [3.05, 3.63) is 61.8 Å². The van der Waals surface area contributed by atoms with Crippen molar-refractivity contribution in [1.29, 1.82) is 0 Å². The van der Waals surface area contributed by atoms with Crippen LogP contribution < -0.4 is 15.6 Å². The van der Waals surface area contributed by atoms with Gasteiger partial charge in [-0.1, -0.05) is 17.8 Å². The fraction of sp³-hybridized carbons (Fsp3) is 0.286. The average molecular weight is 473 g/mol. The fourth-order valence-corrected chi connectivity index (χ4v) is 5.78. The van der Waals surface area contributed by atoms with Crippen LogP contribution in [0.25, 0.3) is 10.2 Å². The van der Waals surface area contributed by atoms with Crippen molar-refractivity contribution in [3.63, 3.8) is 0 Å². The molecule has 1 N–H and O–H groups in total. The van der Waals surface area contributed by atoms with Crippen molar-refractivity contribution in [2.24, 2.45) is 0 Å². The van der Waals surface area contributed by atoms with E-state index in [1.54, 1.807) is 6.08 Å². The first-order valence-corrected chi connectivity index (χ1v) is 11.6. The molecule has 0 bridgehead atoms. The molecular weight excluding hydrogens is 452 g/mol. The topological polar surface area (TPSA) is 116 Å². The highest BCUT2D eigenvalue weighted by molar-refractivity contribution is 7.99. The van der Waals surface area contributed by atoms with Gasteiger partial charge in [-0.25, -0.2) is 4.98 Å². The van der Waals surface area contributed by atoms with Gasteiger partial charge in [0.15, 0.2) is 5.16 Å². The van der Waals surface area contributed by atoms with E-state index in [1.807, 2.05) is 0 Å². The minimum atomic E-state index is -0.585. The molecule has 2 heterocycles. The number of hydrogen-bond acceptors (Lipinski definition) is 8. The Balaban J connectivity index is 1.57. The molecular formula is C21H20N4O5S2. The van der Waals surface area contributed by atoms with Crippen LogP contribution in [-0.2, 0) is 24.2 Å². The fourth-order valence-electron chi connectivity index (χ4n) is 3.67. The van der Waals surface area contributed by atoms with Crippen LogP contribution in [0.1, 0.15) is 16.9 Å². The number of aromatic nitrogens is 2. The molecule has 1 aromatic carbocycles. The van der Waals surface area contributed by atoms with Crippen LogP contribution in [0.15, 0.2) is 40.8 Å². The van der Waals surface area contributed by atoms with Crippen LogP contribution in [0.5, 0.6) is 5.75 Å². The highest BCUT2D eigenvalue weighted by Crippen LogP contribution is 2.35. The summed E-state index contributed by atoms with van der Waals surface area (Å²) in [5.41, 5.74) is 0.784. The third-order valence-electron chi connectivity index (χ3n) is 5.11. The number of anilines is 1. The highest BCUT2D eigenvalue weighted by Gasteiger charge is 2.24. The Hall–Kier alpha value is -3.18. The number of nitro benzene ring substituents is 1. The van der Waals surface area contributed by atoms with E-state index in [1.165, 1.54) is 46.1 Å². The Morgan fingerprint density at radius 3 is 3.00 bits per heavy atom. The van der Waals surface area contributed by atoms with E-state index >= 15 is 0 Å². The molecule has 4 rings (SSSR count). The number of rotatable bonds is 8. The number of fused-ring (bicyclic) bond motifs is 3. The zero-order valence-corrected chi connectivity index (χ0v) is 18.9. The van der Waals surface area contributed by atoms with Gasteiger partial charge in [0.25, 0.3) is 11.2 Å². The Kier molecular flexibility index (Phi) is 6.28. The quantitative estimate of drug-likeness (QED) is 0.174. The van der Waals surface area contributed by atoms with Gasteiger partial charge >= 0.3 is 0 Å². The first-order chi connectivity index (χ1) is 15.4. The second-order valence-corrected chi connectivity index (χ2v) is 9.14. The van der Waals surface area contributed by atoms with E-state index in [-0.39, 0.29) is 29.2 Å². The normalized spacial score (nSPS) is 12.5. The Morgan fingerprint density at radius 2 is 2.28 bits per heavy atom. The molecule has 166 valence electrons. The number of thioether (sulfide) groups is 1. The second kappa shape index (κ2) is 9.13. The molecule has 0 saturated heterocycles. The van der Waals surface area contributed by atoms with Crippen LogP contribution in [0, 0.1) is 10.1 Å². The molecule has 0 saturated carbocycles. The van der Waals surface area contributed by atoms with Crippen molar-refractivity contribution >= 4 is 50.6 Å². The number of ether oxygens (including phenoxy) is 1. The second-order valence-electron chi connectivity index (χ2n) is 7.11. The predicted octanol–water partition coefficient (Wildman–Crippen LogP) is 3.78. The summed E-state index contributed by atoms with van der Waals surface area (Å²) in [6, 6.07) is 4.20. The molecule has 1 aliphatic carbocycles. The van der Waals surface area contributed by atoms with Gasteiger partial charge < -0.3 is 10.1 Å². The first kappa shape index (κ1) is 22.0. The van der Waals surface area contributed by atoms with Crippen molar-refractivity contribution in [2.45, 2.75) is 31.0 Å². The minimum Gasteiger partial charge on any atom is -0.496 e. The van der Waals surface area contributed by atoms with Crippen LogP contribution in [0.3, 0.4) is 0 Å². The number of hydrogen-bond donors (Lipinski definition) is 1. The Bertz CT molecular complexity index is 1300. The SMILES string of the molecule is C=CCn1c(SCC(=O)Nc2ccc(OC)cc2[N+](=O)[O-])nc2sc3c(c2c1=O)CCC3. The molecule has 0 atom stereocenters. The van der Waals surface area contributed by atoms with Crippen LogP contribution >= 0.6 is 23.1 Å². The lowest BCUT2D eigenvalue weighted by molar-refractivity contribution is -0.384. The zero-order chi connectivity index (χ0) is 22.8. The van der Waals surface area contributed by atoms with Crippen molar-refractivity contribution in [3.8, 4) is 5.75 Å². The number of methoxy groups -OCH3 is 1. The molecule has 0 fully saturated rings. The summed E-state index contributed by atoms with van der Waals surface area (Å²) in [4.78, 5) is 43.0. The number of carbonyl (C=O) groups excluding carboxylic acids is 1. The summed E-state index contributed by atoms with van der Waals surface area (Å²) in [6.45, 7) is 4.00.